The molecule has 2 saturated heterocycles. The van der Waals surface area contributed by atoms with E-state index in [1.807, 2.05) is 0 Å². The minimum absolute atomic E-state index is 0.0444. The lowest BCUT2D eigenvalue weighted by molar-refractivity contribution is -0.137. The first kappa shape index (κ1) is 23.8. The Balaban J connectivity index is 1.62. The number of sulfonamides is 1. The van der Waals surface area contributed by atoms with Crippen molar-refractivity contribution in [3.63, 3.8) is 0 Å². The van der Waals surface area contributed by atoms with Crippen LogP contribution in [0.5, 0.6) is 0 Å². The Kier molecular flexibility index (Phi) is 6.61. The average Bonchev–Trinajstić information content (AvgIpc) is 3.42. The van der Waals surface area contributed by atoms with Gasteiger partial charge >= 0.3 is 12.2 Å². The van der Waals surface area contributed by atoms with Crippen molar-refractivity contribution in [2.24, 2.45) is 0 Å². The third kappa shape index (κ3) is 5.12. The zero-order valence-corrected chi connectivity index (χ0v) is 19.2. The van der Waals surface area contributed by atoms with Crippen molar-refractivity contribution < 1.29 is 26.4 Å². The number of carbonyl (C=O) groups excluding carboxylic acids is 1. The van der Waals surface area contributed by atoms with Crippen LogP contribution in [0.15, 0.2) is 48.5 Å². The van der Waals surface area contributed by atoms with E-state index >= 15 is 0 Å². The highest BCUT2D eigenvalue weighted by molar-refractivity contribution is 7.89. The third-order valence-corrected chi connectivity index (χ3v) is 8.07. The summed E-state index contributed by atoms with van der Waals surface area (Å²) in [5, 5.41) is 0.453. The van der Waals surface area contributed by atoms with E-state index in [0.717, 1.165) is 25.0 Å². The SMILES string of the molecule is O=C1N(CCS(=O)(=O)N2CCCC2)C[C@H](c2cccc(C(F)(F)F)c2)N1c1ccc(Cl)cc1. The molecule has 0 aromatic heterocycles. The minimum Gasteiger partial charge on any atom is -0.321 e. The van der Waals surface area contributed by atoms with Crippen molar-refractivity contribution in [1.29, 1.82) is 0 Å². The van der Waals surface area contributed by atoms with E-state index in [4.69, 9.17) is 11.6 Å². The average molecular weight is 502 g/mol. The molecule has 0 N–H and O–H groups in total. The monoisotopic (exact) mass is 501 g/mol. The van der Waals surface area contributed by atoms with Crippen LogP contribution in [0, 0.1) is 0 Å². The van der Waals surface area contributed by atoms with Crippen molar-refractivity contribution in [1.82, 2.24) is 9.21 Å². The summed E-state index contributed by atoms with van der Waals surface area (Å²) in [7, 11) is -3.51. The Morgan fingerprint density at radius 2 is 1.70 bits per heavy atom. The smallest absolute Gasteiger partial charge is 0.321 e. The second-order valence-corrected chi connectivity index (χ2v) is 10.7. The number of amides is 2. The molecule has 178 valence electrons. The number of nitrogens with zero attached hydrogens (tertiary/aromatic N) is 3. The molecule has 6 nitrogen and oxygen atoms in total. The van der Waals surface area contributed by atoms with Crippen LogP contribution in [0.2, 0.25) is 5.02 Å². The van der Waals surface area contributed by atoms with Crippen LogP contribution in [0.25, 0.3) is 0 Å². The van der Waals surface area contributed by atoms with Crippen molar-refractivity contribution in [3.05, 3.63) is 64.7 Å². The minimum atomic E-state index is -4.52. The standard InChI is InChI=1S/C22H23ClF3N3O3S/c23-18-6-8-19(9-7-18)29-20(16-4-3-5-17(14-16)22(24,25)26)15-27(21(29)30)12-13-33(31,32)28-10-1-2-11-28/h3-9,14,20H,1-2,10-13,15H2/t20-/m1/s1. The van der Waals surface area contributed by atoms with Gasteiger partial charge in [-0.25, -0.2) is 17.5 Å². The first-order chi connectivity index (χ1) is 15.6. The maximum absolute atomic E-state index is 13.3. The summed E-state index contributed by atoms with van der Waals surface area (Å²) in [6.07, 6.45) is -2.90. The third-order valence-electron chi connectivity index (χ3n) is 5.96. The second-order valence-electron chi connectivity index (χ2n) is 8.14. The molecule has 1 atom stereocenters. The summed E-state index contributed by atoms with van der Waals surface area (Å²) in [4.78, 5) is 16.1. The van der Waals surface area contributed by atoms with Crippen LogP contribution in [-0.4, -0.2) is 55.6 Å². The zero-order chi connectivity index (χ0) is 23.8. The Hall–Kier alpha value is -2.30. The largest absolute Gasteiger partial charge is 0.416 e. The lowest BCUT2D eigenvalue weighted by Crippen LogP contribution is -2.38. The number of hydrogen-bond donors (Lipinski definition) is 0. The van der Waals surface area contributed by atoms with Crippen molar-refractivity contribution >= 4 is 33.3 Å². The summed E-state index contributed by atoms with van der Waals surface area (Å²) < 4.78 is 66.6. The second kappa shape index (κ2) is 9.15. The molecule has 4 rings (SSSR count). The van der Waals surface area contributed by atoms with E-state index in [2.05, 4.69) is 0 Å². The first-order valence-electron chi connectivity index (χ1n) is 10.5. The number of urea groups is 1. The molecule has 2 aromatic rings. The number of carbonyl (C=O) groups is 1. The van der Waals surface area contributed by atoms with Gasteiger partial charge in [-0.1, -0.05) is 23.7 Å². The van der Waals surface area contributed by atoms with Crippen LogP contribution in [-0.2, 0) is 16.2 Å². The molecule has 0 unspecified atom stereocenters. The molecule has 2 heterocycles. The van der Waals surface area contributed by atoms with E-state index in [-0.39, 0.29) is 18.8 Å². The molecule has 2 aromatic carbocycles. The molecule has 0 radical (unpaired) electrons. The van der Waals surface area contributed by atoms with Gasteiger partial charge < -0.3 is 4.90 Å². The highest BCUT2D eigenvalue weighted by Crippen LogP contribution is 2.37. The Labute approximate surface area is 195 Å². The molecule has 2 aliphatic rings. The van der Waals surface area contributed by atoms with E-state index in [0.29, 0.717) is 29.4 Å². The number of rotatable bonds is 6. The fraction of sp³-hybridized carbons (Fsp3) is 0.409. The van der Waals surface area contributed by atoms with Gasteiger partial charge in [0.25, 0.3) is 0 Å². The summed E-state index contributed by atoms with van der Waals surface area (Å²) in [6, 6.07) is 10.1. The molecule has 0 aliphatic carbocycles. The van der Waals surface area contributed by atoms with Gasteiger partial charge in [0.1, 0.15) is 0 Å². The molecule has 2 fully saturated rings. The van der Waals surface area contributed by atoms with Gasteiger partial charge in [0, 0.05) is 36.9 Å². The number of alkyl halides is 3. The summed E-state index contributed by atoms with van der Waals surface area (Å²) in [5.74, 6) is -0.234. The van der Waals surface area contributed by atoms with Crippen LogP contribution in [0.1, 0.15) is 30.0 Å². The summed E-state index contributed by atoms with van der Waals surface area (Å²) in [6.45, 7) is 0.968. The van der Waals surface area contributed by atoms with Crippen molar-refractivity contribution in [3.8, 4) is 0 Å². The molecule has 2 amide bonds. The molecule has 0 saturated carbocycles. The van der Waals surface area contributed by atoms with Gasteiger partial charge in [0.15, 0.2) is 0 Å². The maximum Gasteiger partial charge on any atom is 0.416 e. The fourth-order valence-electron chi connectivity index (χ4n) is 4.23. The van der Waals surface area contributed by atoms with Gasteiger partial charge in [-0.05, 0) is 54.8 Å². The van der Waals surface area contributed by atoms with E-state index < -0.39 is 33.8 Å². The topological polar surface area (TPSA) is 60.9 Å². The quantitative estimate of drug-likeness (QED) is 0.573. The molecular weight excluding hydrogens is 479 g/mol. The lowest BCUT2D eigenvalue weighted by atomic mass is 10.0. The summed E-state index contributed by atoms with van der Waals surface area (Å²) >= 11 is 5.96. The van der Waals surface area contributed by atoms with E-state index in [1.165, 1.54) is 20.2 Å². The predicted octanol–water partition coefficient (Wildman–Crippen LogP) is 4.77. The van der Waals surface area contributed by atoms with Gasteiger partial charge in [0.2, 0.25) is 10.0 Å². The van der Waals surface area contributed by atoms with Crippen molar-refractivity contribution in [2.75, 3.05) is 36.8 Å². The Morgan fingerprint density at radius 3 is 2.33 bits per heavy atom. The first-order valence-corrected chi connectivity index (χ1v) is 12.5. The highest BCUT2D eigenvalue weighted by atomic mass is 35.5. The van der Waals surface area contributed by atoms with Crippen molar-refractivity contribution in [2.45, 2.75) is 25.1 Å². The van der Waals surface area contributed by atoms with E-state index in [1.54, 1.807) is 30.3 Å². The molecule has 2 aliphatic heterocycles. The van der Waals surface area contributed by atoms with Crippen LogP contribution >= 0.6 is 11.6 Å². The van der Waals surface area contributed by atoms with Gasteiger partial charge in [-0.2, -0.15) is 13.2 Å². The van der Waals surface area contributed by atoms with E-state index in [9.17, 15) is 26.4 Å². The Morgan fingerprint density at radius 1 is 1.03 bits per heavy atom. The van der Waals surface area contributed by atoms with Gasteiger partial charge in [0.05, 0.1) is 17.4 Å². The summed E-state index contributed by atoms with van der Waals surface area (Å²) in [5.41, 5.74) is -0.0201. The molecule has 11 heteroatoms. The number of anilines is 1. The van der Waals surface area contributed by atoms with Gasteiger partial charge in [-0.15, -0.1) is 0 Å². The normalized spacial score (nSPS) is 20.1. The lowest BCUT2D eigenvalue weighted by Gasteiger charge is -2.24. The molecule has 0 bridgehead atoms. The predicted molar refractivity (Wildman–Crippen MR) is 120 cm³/mol. The van der Waals surface area contributed by atoms with Gasteiger partial charge in [-0.3, -0.25) is 4.90 Å². The molecule has 0 spiro atoms. The maximum atomic E-state index is 13.3. The highest BCUT2D eigenvalue weighted by Gasteiger charge is 2.41. The number of hydrogen-bond acceptors (Lipinski definition) is 3. The zero-order valence-electron chi connectivity index (χ0n) is 17.6. The molecule has 33 heavy (non-hydrogen) atoms. The molecular formula is C22H23ClF3N3O3S. The number of halogens is 4. The van der Waals surface area contributed by atoms with Crippen LogP contribution in [0.4, 0.5) is 23.7 Å². The number of benzene rings is 2. The van der Waals surface area contributed by atoms with Crippen LogP contribution in [0.3, 0.4) is 0 Å². The fourth-order valence-corrected chi connectivity index (χ4v) is 5.88. The Bertz CT molecular complexity index is 1120. The van der Waals surface area contributed by atoms with Crippen LogP contribution < -0.4 is 4.90 Å².